The van der Waals surface area contributed by atoms with Gasteiger partial charge in [0.2, 0.25) is 0 Å². The molecule has 0 radical (unpaired) electrons. The Hall–Kier alpha value is -0.120. The molecule has 0 saturated heterocycles. The SMILES string of the molecule is CCCC(COC)NC1CCC(N)CC1. The molecule has 1 aliphatic carbocycles. The van der Waals surface area contributed by atoms with Crippen molar-refractivity contribution in [1.82, 2.24) is 5.32 Å². The monoisotopic (exact) mass is 214 g/mol. The molecule has 1 rings (SSSR count). The molecule has 3 heteroatoms. The van der Waals surface area contributed by atoms with Crippen molar-refractivity contribution >= 4 is 0 Å². The zero-order valence-electron chi connectivity index (χ0n) is 10.2. The summed E-state index contributed by atoms with van der Waals surface area (Å²) >= 11 is 0. The lowest BCUT2D eigenvalue weighted by atomic mass is 9.91. The lowest BCUT2D eigenvalue weighted by molar-refractivity contribution is 0.150. The van der Waals surface area contributed by atoms with E-state index in [0.717, 1.165) is 6.61 Å². The van der Waals surface area contributed by atoms with Gasteiger partial charge in [-0.05, 0) is 32.1 Å². The Morgan fingerprint density at radius 1 is 1.33 bits per heavy atom. The van der Waals surface area contributed by atoms with E-state index in [4.69, 9.17) is 10.5 Å². The summed E-state index contributed by atoms with van der Waals surface area (Å²) in [7, 11) is 1.78. The minimum Gasteiger partial charge on any atom is -0.383 e. The first-order chi connectivity index (χ1) is 7.26. The molecular formula is C12H26N2O. The molecule has 1 aliphatic rings. The minimum atomic E-state index is 0.440. The van der Waals surface area contributed by atoms with Crippen LogP contribution in [-0.2, 0) is 4.74 Å². The fourth-order valence-electron chi connectivity index (χ4n) is 2.38. The van der Waals surface area contributed by atoms with Crippen LogP contribution < -0.4 is 11.1 Å². The van der Waals surface area contributed by atoms with Crippen LogP contribution >= 0.6 is 0 Å². The number of hydrogen-bond acceptors (Lipinski definition) is 3. The molecule has 0 bridgehead atoms. The lowest BCUT2D eigenvalue weighted by Crippen LogP contribution is -2.44. The first-order valence-corrected chi connectivity index (χ1v) is 6.26. The first kappa shape index (κ1) is 12.9. The van der Waals surface area contributed by atoms with Crippen LogP contribution in [0.4, 0.5) is 0 Å². The molecule has 0 aromatic rings. The molecule has 90 valence electrons. The second-order valence-electron chi connectivity index (χ2n) is 4.72. The van der Waals surface area contributed by atoms with Gasteiger partial charge in [-0.2, -0.15) is 0 Å². The third kappa shape index (κ3) is 4.96. The molecule has 1 saturated carbocycles. The Balaban J connectivity index is 2.24. The molecule has 0 aromatic heterocycles. The Morgan fingerprint density at radius 3 is 2.53 bits per heavy atom. The number of nitrogens with two attached hydrogens (primary N) is 1. The third-order valence-corrected chi connectivity index (χ3v) is 3.25. The minimum absolute atomic E-state index is 0.440. The Labute approximate surface area is 93.8 Å². The number of methoxy groups -OCH3 is 1. The summed E-state index contributed by atoms with van der Waals surface area (Å²) in [6.45, 7) is 3.05. The van der Waals surface area contributed by atoms with Gasteiger partial charge in [-0.1, -0.05) is 13.3 Å². The van der Waals surface area contributed by atoms with Crippen LogP contribution in [0.3, 0.4) is 0 Å². The predicted octanol–water partition coefficient (Wildman–Crippen LogP) is 1.66. The summed E-state index contributed by atoms with van der Waals surface area (Å²) in [5.41, 5.74) is 5.89. The van der Waals surface area contributed by atoms with E-state index in [-0.39, 0.29) is 0 Å². The summed E-state index contributed by atoms with van der Waals surface area (Å²) in [6.07, 6.45) is 7.22. The number of hydrogen-bond donors (Lipinski definition) is 2. The second kappa shape index (κ2) is 7.20. The summed E-state index contributed by atoms with van der Waals surface area (Å²) in [5, 5.41) is 3.70. The van der Waals surface area contributed by atoms with Gasteiger partial charge in [0.25, 0.3) is 0 Å². The largest absolute Gasteiger partial charge is 0.383 e. The zero-order valence-corrected chi connectivity index (χ0v) is 10.2. The van der Waals surface area contributed by atoms with Gasteiger partial charge in [0.05, 0.1) is 6.61 Å². The van der Waals surface area contributed by atoms with Crippen LogP contribution in [0.15, 0.2) is 0 Å². The molecule has 3 nitrogen and oxygen atoms in total. The predicted molar refractivity (Wildman–Crippen MR) is 63.9 cm³/mol. The average molecular weight is 214 g/mol. The van der Waals surface area contributed by atoms with E-state index < -0.39 is 0 Å². The standard InChI is InChI=1S/C12H26N2O/c1-3-4-12(9-15-2)14-11-7-5-10(13)6-8-11/h10-12,14H,3-9,13H2,1-2H3. The van der Waals surface area contributed by atoms with Crippen molar-refractivity contribution in [3.63, 3.8) is 0 Å². The highest BCUT2D eigenvalue weighted by molar-refractivity contribution is 4.81. The van der Waals surface area contributed by atoms with Crippen molar-refractivity contribution in [2.24, 2.45) is 5.73 Å². The molecule has 3 N–H and O–H groups in total. The summed E-state index contributed by atoms with van der Waals surface area (Å²) < 4.78 is 5.23. The van der Waals surface area contributed by atoms with E-state index in [0.29, 0.717) is 18.1 Å². The molecule has 1 atom stereocenters. The number of nitrogens with one attached hydrogen (secondary N) is 1. The molecule has 0 heterocycles. The van der Waals surface area contributed by atoms with Gasteiger partial charge < -0.3 is 15.8 Å². The number of rotatable bonds is 6. The van der Waals surface area contributed by atoms with Crippen LogP contribution in [0.2, 0.25) is 0 Å². The quantitative estimate of drug-likeness (QED) is 0.707. The molecule has 1 unspecified atom stereocenters. The molecule has 0 amide bonds. The fourth-order valence-corrected chi connectivity index (χ4v) is 2.38. The van der Waals surface area contributed by atoms with Gasteiger partial charge in [0.1, 0.15) is 0 Å². The van der Waals surface area contributed by atoms with E-state index in [1.807, 2.05) is 0 Å². The molecular weight excluding hydrogens is 188 g/mol. The van der Waals surface area contributed by atoms with E-state index in [1.165, 1.54) is 38.5 Å². The highest BCUT2D eigenvalue weighted by Gasteiger charge is 2.20. The van der Waals surface area contributed by atoms with Crippen LogP contribution in [-0.4, -0.2) is 31.8 Å². The van der Waals surface area contributed by atoms with Gasteiger partial charge in [-0.15, -0.1) is 0 Å². The van der Waals surface area contributed by atoms with E-state index in [9.17, 15) is 0 Å². The maximum absolute atomic E-state index is 5.89. The van der Waals surface area contributed by atoms with Crippen LogP contribution in [0.1, 0.15) is 45.4 Å². The van der Waals surface area contributed by atoms with Gasteiger partial charge in [-0.25, -0.2) is 0 Å². The molecule has 1 fully saturated rings. The number of ether oxygens (including phenoxy) is 1. The summed E-state index contributed by atoms with van der Waals surface area (Å²) in [5.74, 6) is 0. The van der Waals surface area contributed by atoms with E-state index >= 15 is 0 Å². The Kier molecular flexibility index (Phi) is 6.22. The molecule has 0 aromatic carbocycles. The van der Waals surface area contributed by atoms with E-state index in [2.05, 4.69) is 12.2 Å². The van der Waals surface area contributed by atoms with Crippen LogP contribution in [0.5, 0.6) is 0 Å². The van der Waals surface area contributed by atoms with Gasteiger partial charge in [-0.3, -0.25) is 0 Å². The first-order valence-electron chi connectivity index (χ1n) is 6.26. The van der Waals surface area contributed by atoms with Crippen LogP contribution in [0.25, 0.3) is 0 Å². The topological polar surface area (TPSA) is 47.3 Å². The molecule has 0 aliphatic heterocycles. The maximum Gasteiger partial charge on any atom is 0.0615 e. The fraction of sp³-hybridized carbons (Fsp3) is 1.00. The Bertz CT molecular complexity index is 150. The average Bonchev–Trinajstić information content (AvgIpc) is 2.22. The molecule has 15 heavy (non-hydrogen) atoms. The van der Waals surface area contributed by atoms with Crippen molar-refractivity contribution in [1.29, 1.82) is 0 Å². The van der Waals surface area contributed by atoms with Crippen molar-refractivity contribution in [2.45, 2.75) is 63.6 Å². The van der Waals surface area contributed by atoms with Gasteiger partial charge in [0.15, 0.2) is 0 Å². The van der Waals surface area contributed by atoms with E-state index in [1.54, 1.807) is 7.11 Å². The van der Waals surface area contributed by atoms with Gasteiger partial charge >= 0.3 is 0 Å². The lowest BCUT2D eigenvalue weighted by Gasteiger charge is -2.30. The van der Waals surface area contributed by atoms with Crippen molar-refractivity contribution in [2.75, 3.05) is 13.7 Å². The highest BCUT2D eigenvalue weighted by atomic mass is 16.5. The highest BCUT2D eigenvalue weighted by Crippen LogP contribution is 2.18. The smallest absolute Gasteiger partial charge is 0.0615 e. The molecule has 0 spiro atoms. The zero-order chi connectivity index (χ0) is 11.1. The van der Waals surface area contributed by atoms with Crippen molar-refractivity contribution < 1.29 is 4.74 Å². The summed E-state index contributed by atoms with van der Waals surface area (Å²) in [4.78, 5) is 0. The third-order valence-electron chi connectivity index (χ3n) is 3.25. The maximum atomic E-state index is 5.89. The van der Waals surface area contributed by atoms with Crippen molar-refractivity contribution in [3.8, 4) is 0 Å². The Morgan fingerprint density at radius 2 is 2.00 bits per heavy atom. The second-order valence-corrected chi connectivity index (χ2v) is 4.72. The van der Waals surface area contributed by atoms with Gasteiger partial charge in [0, 0.05) is 25.2 Å². The van der Waals surface area contributed by atoms with Crippen LogP contribution in [0, 0.1) is 0 Å². The van der Waals surface area contributed by atoms with Crippen molar-refractivity contribution in [3.05, 3.63) is 0 Å². The normalized spacial score (nSPS) is 29.0. The summed E-state index contributed by atoms with van der Waals surface area (Å²) in [6, 6.07) is 1.63.